The van der Waals surface area contributed by atoms with Crippen LogP contribution in [0.25, 0.3) is 0 Å². The Hall–Kier alpha value is -1.39. The number of halogens is 1. The highest BCUT2D eigenvalue weighted by Gasteiger charge is 2.39. The van der Waals surface area contributed by atoms with Crippen molar-refractivity contribution >= 4 is 37.4 Å². The fourth-order valence-corrected chi connectivity index (χ4v) is 3.62. The lowest BCUT2D eigenvalue weighted by Crippen LogP contribution is -2.39. The number of amides is 1. The van der Waals surface area contributed by atoms with Gasteiger partial charge in [0.1, 0.15) is 0 Å². The van der Waals surface area contributed by atoms with Crippen molar-refractivity contribution in [3.8, 4) is 6.07 Å². The van der Waals surface area contributed by atoms with Gasteiger partial charge in [-0.15, -0.1) is 0 Å². The molecule has 0 fully saturated rings. The molecule has 2 rings (SSSR count). The number of carbonyl (C=O) groups excluding carboxylic acids is 1. The van der Waals surface area contributed by atoms with Crippen LogP contribution in [0.15, 0.2) is 27.6 Å². The average Bonchev–Trinajstić information content (AvgIpc) is 2.23. The zero-order valence-corrected chi connectivity index (χ0v) is 10.9. The van der Waals surface area contributed by atoms with Crippen LogP contribution in [0.2, 0.25) is 0 Å². The number of nitrogens with zero attached hydrogens (tertiary/aromatic N) is 1. The van der Waals surface area contributed by atoms with Crippen LogP contribution in [0.4, 0.5) is 5.69 Å². The summed E-state index contributed by atoms with van der Waals surface area (Å²) in [5.41, 5.74) is 0.249. The second kappa shape index (κ2) is 4.13. The topological polar surface area (TPSA) is 87.0 Å². The lowest BCUT2D eigenvalue weighted by Gasteiger charge is -2.23. The van der Waals surface area contributed by atoms with Crippen LogP contribution >= 0.6 is 15.9 Å². The van der Waals surface area contributed by atoms with Gasteiger partial charge in [0.2, 0.25) is 5.91 Å². The third kappa shape index (κ3) is 1.94. The molecule has 7 heteroatoms. The predicted molar refractivity (Wildman–Crippen MR) is 64.0 cm³/mol. The highest BCUT2D eigenvalue weighted by molar-refractivity contribution is 9.10. The second-order valence-electron chi connectivity index (χ2n) is 3.53. The SMILES string of the molecule is N#CCC1C(=O)Nc2cc(Br)ccc2S1(=O)=O. The lowest BCUT2D eigenvalue weighted by molar-refractivity contribution is -0.115. The van der Waals surface area contributed by atoms with E-state index in [1.54, 1.807) is 12.1 Å². The maximum Gasteiger partial charge on any atom is 0.244 e. The molecule has 5 nitrogen and oxygen atoms in total. The Morgan fingerprint density at radius 3 is 2.82 bits per heavy atom. The van der Waals surface area contributed by atoms with Gasteiger partial charge in [0.15, 0.2) is 15.1 Å². The molecule has 1 aliphatic heterocycles. The highest BCUT2D eigenvalue weighted by Crippen LogP contribution is 2.33. The fraction of sp³-hybridized carbons (Fsp3) is 0.200. The Kier molecular flexibility index (Phi) is 2.93. The molecule has 1 aliphatic rings. The van der Waals surface area contributed by atoms with Crippen LogP contribution in [0, 0.1) is 11.3 Å². The van der Waals surface area contributed by atoms with Crippen LogP contribution in [0.5, 0.6) is 0 Å². The molecule has 0 aliphatic carbocycles. The van der Waals surface area contributed by atoms with Crippen LogP contribution < -0.4 is 5.32 Å². The number of carbonyl (C=O) groups is 1. The van der Waals surface area contributed by atoms with Crippen molar-refractivity contribution in [1.82, 2.24) is 0 Å². The Morgan fingerprint density at radius 1 is 1.47 bits per heavy atom. The normalized spacial score (nSPS) is 21.2. The molecule has 0 spiro atoms. The quantitative estimate of drug-likeness (QED) is 0.850. The molecule has 1 N–H and O–H groups in total. The van der Waals surface area contributed by atoms with E-state index >= 15 is 0 Å². The van der Waals surface area contributed by atoms with Gasteiger partial charge in [0.25, 0.3) is 0 Å². The molecule has 0 bridgehead atoms. The summed E-state index contributed by atoms with van der Waals surface area (Å²) in [5, 5.41) is 9.73. The van der Waals surface area contributed by atoms with Gasteiger partial charge in [-0.25, -0.2) is 8.42 Å². The summed E-state index contributed by atoms with van der Waals surface area (Å²) >= 11 is 3.20. The molecule has 1 aromatic rings. The zero-order chi connectivity index (χ0) is 12.6. The maximum absolute atomic E-state index is 12.1. The fourth-order valence-electron chi connectivity index (χ4n) is 1.64. The average molecular weight is 315 g/mol. The van der Waals surface area contributed by atoms with Gasteiger partial charge in [-0.1, -0.05) is 15.9 Å². The first-order chi connectivity index (χ1) is 7.96. The van der Waals surface area contributed by atoms with Crippen molar-refractivity contribution in [3.05, 3.63) is 22.7 Å². The van der Waals surface area contributed by atoms with E-state index in [9.17, 15) is 13.2 Å². The Bertz CT molecular complexity index is 633. The minimum absolute atomic E-state index is 0.0561. The summed E-state index contributed by atoms with van der Waals surface area (Å²) in [6, 6.07) is 6.23. The molecule has 1 heterocycles. The van der Waals surface area contributed by atoms with Crippen molar-refractivity contribution in [2.45, 2.75) is 16.6 Å². The van der Waals surface area contributed by atoms with E-state index in [-0.39, 0.29) is 17.0 Å². The largest absolute Gasteiger partial charge is 0.324 e. The number of hydrogen-bond donors (Lipinski definition) is 1. The number of anilines is 1. The number of benzene rings is 1. The Balaban J connectivity index is 2.63. The molecule has 0 saturated heterocycles. The number of nitriles is 1. The van der Waals surface area contributed by atoms with Crippen LogP contribution in [0.1, 0.15) is 6.42 Å². The molecule has 88 valence electrons. The number of fused-ring (bicyclic) bond motifs is 1. The minimum Gasteiger partial charge on any atom is -0.324 e. The molecular weight excluding hydrogens is 308 g/mol. The van der Waals surface area contributed by atoms with Crippen molar-refractivity contribution in [2.24, 2.45) is 0 Å². The van der Waals surface area contributed by atoms with Gasteiger partial charge in [-0.05, 0) is 18.2 Å². The van der Waals surface area contributed by atoms with Gasteiger partial charge in [0.05, 0.1) is 23.1 Å². The van der Waals surface area contributed by atoms with Gasteiger partial charge in [-0.3, -0.25) is 4.79 Å². The number of sulfone groups is 1. The van der Waals surface area contributed by atoms with E-state index in [1.165, 1.54) is 12.1 Å². The van der Waals surface area contributed by atoms with Gasteiger partial charge in [-0.2, -0.15) is 5.26 Å². The van der Waals surface area contributed by atoms with Crippen molar-refractivity contribution in [3.63, 3.8) is 0 Å². The summed E-state index contributed by atoms with van der Waals surface area (Å²) in [5.74, 6) is -0.655. The first-order valence-corrected chi connectivity index (χ1v) is 7.02. The van der Waals surface area contributed by atoms with Crippen molar-refractivity contribution < 1.29 is 13.2 Å². The summed E-state index contributed by atoms with van der Waals surface area (Å²) in [7, 11) is -3.77. The van der Waals surface area contributed by atoms with E-state index in [0.29, 0.717) is 4.47 Å². The number of rotatable bonds is 1. The van der Waals surface area contributed by atoms with Gasteiger partial charge in [0, 0.05) is 4.47 Å². The Morgan fingerprint density at radius 2 is 2.18 bits per heavy atom. The van der Waals surface area contributed by atoms with E-state index < -0.39 is 21.0 Å². The third-order valence-electron chi connectivity index (χ3n) is 2.45. The summed E-state index contributed by atoms with van der Waals surface area (Å²) in [6.45, 7) is 0. The van der Waals surface area contributed by atoms with E-state index in [1.807, 2.05) is 0 Å². The molecule has 1 aromatic carbocycles. The second-order valence-corrected chi connectivity index (χ2v) is 6.54. The van der Waals surface area contributed by atoms with E-state index in [2.05, 4.69) is 21.2 Å². The predicted octanol–water partition coefficient (Wildman–Crippen LogP) is 1.46. The first-order valence-electron chi connectivity index (χ1n) is 4.68. The summed E-state index contributed by atoms with van der Waals surface area (Å²) < 4.78 is 24.8. The Labute approximate surface area is 106 Å². The highest BCUT2D eigenvalue weighted by atomic mass is 79.9. The molecule has 1 unspecified atom stereocenters. The van der Waals surface area contributed by atoms with Crippen LogP contribution in [-0.2, 0) is 14.6 Å². The maximum atomic E-state index is 12.1. The standard InChI is InChI=1S/C10H7BrN2O3S/c11-6-1-2-8-7(5-6)13-10(14)9(3-4-12)17(8,15)16/h1-2,5,9H,3H2,(H,13,14). The number of nitrogens with one attached hydrogen (secondary N) is 1. The molecule has 1 amide bonds. The number of hydrogen-bond acceptors (Lipinski definition) is 4. The molecule has 0 aromatic heterocycles. The molecule has 1 atom stereocenters. The monoisotopic (exact) mass is 314 g/mol. The molecule has 17 heavy (non-hydrogen) atoms. The first kappa shape index (κ1) is 12.1. The lowest BCUT2D eigenvalue weighted by atomic mass is 10.2. The van der Waals surface area contributed by atoms with Crippen molar-refractivity contribution in [1.29, 1.82) is 5.26 Å². The molecular formula is C10H7BrN2O3S. The third-order valence-corrected chi connectivity index (χ3v) is 5.04. The minimum atomic E-state index is -3.77. The molecule has 0 radical (unpaired) electrons. The van der Waals surface area contributed by atoms with Gasteiger partial charge < -0.3 is 5.32 Å². The summed E-state index contributed by atoms with van der Waals surface area (Å²) in [4.78, 5) is 11.7. The smallest absolute Gasteiger partial charge is 0.244 e. The summed E-state index contributed by atoms with van der Waals surface area (Å²) in [6.07, 6.45) is -0.344. The van der Waals surface area contributed by atoms with E-state index in [4.69, 9.17) is 5.26 Å². The van der Waals surface area contributed by atoms with Crippen molar-refractivity contribution in [2.75, 3.05) is 5.32 Å². The van der Waals surface area contributed by atoms with Crippen LogP contribution in [0.3, 0.4) is 0 Å². The van der Waals surface area contributed by atoms with Crippen LogP contribution in [-0.4, -0.2) is 19.6 Å². The molecule has 0 saturated carbocycles. The van der Waals surface area contributed by atoms with E-state index in [0.717, 1.165) is 0 Å². The zero-order valence-electron chi connectivity index (χ0n) is 8.47. The van der Waals surface area contributed by atoms with Gasteiger partial charge >= 0.3 is 0 Å².